The van der Waals surface area contributed by atoms with Crippen LogP contribution in [0.1, 0.15) is 30.6 Å². The number of halogens is 1. The van der Waals surface area contributed by atoms with Gasteiger partial charge in [-0.2, -0.15) is 5.10 Å². The molecule has 7 nitrogen and oxygen atoms in total. The number of carbonyl (C=O) groups is 2. The van der Waals surface area contributed by atoms with E-state index in [0.717, 1.165) is 0 Å². The molecule has 1 fully saturated rings. The smallest absolute Gasteiger partial charge is 0.345 e. The van der Waals surface area contributed by atoms with Gasteiger partial charge in [0.25, 0.3) is 5.91 Å². The Morgan fingerprint density at radius 1 is 1.55 bits per heavy atom. The lowest BCUT2D eigenvalue weighted by atomic mass is 10.3. The van der Waals surface area contributed by atoms with Crippen molar-refractivity contribution in [3.63, 3.8) is 0 Å². The number of nitrogens with one attached hydrogen (secondary N) is 1. The Kier molecular flexibility index (Phi) is 5.82. The van der Waals surface area contributed by atoms with E-state index in [-0.39, 0.29) is 36.4 Å². The summed E-state index contributed by atoms with van der Waals surface area (Å²) in [6.45, 7) is 5.24. The second kappa shape index (κ2) is 7.14. The topological polar surface area (TPSA) is 84.5 Å². The third-order valence-electron chi connectivity index (χ3n) is 2.99. The van der Waals surface area contributed by atoms with E-state index in [9.17, 15) is 9.59 Å². The van der Waals surface area contributed by atoms with Crippen LogP contribution in [0.4, 0.5) is 0 Å². The highest BCUT2D eigenvalue weighted by atomic mass is 35.5. The van der Waals surface area contributed by atoms with E-state index in [4.69, 9.17) is 9.47 Å². The number of carbonyl (C=O) groups excluding carboxylic acids is 2. The summed E-state index contributed by atoms with van der Waals surface area (Å²) in [6.07, 6.45) is 1.38. The van der Waals surface area contributed by atoms with Crippen molar-refractivity contribution in [3.8, 4) is 5.88 Å². The Morgan fingerprint density at radius 3 is 2.90 bits per heavy atom. The van der Waals surface area contributed by atoms with Crippen LogP contribution in [0.2, 0.25) is 0 Å². The highest BCUT2D eigenvalue weighted by Crippen LogP contribution is 2.21. The molecule has 2 rings (SSSR count). The van der Waals surface area contributed by atoms with Crippen LogP contribution in [-0.2, 0) is 9.53 Å². The molecule has 0 radical (unpaired) electrons. The van der Waals surface area contributed by atoms with Gasteiger partial charge in [0.1, 0.15) is 5.56 Å². The summed E-state index contributed by atoms with van der Waals surface area (Å²) < 4.78 is 10.4. The minimum atomic E-state index is -0.562. The van der Waals surface area contributed by atoms with E-state index in [1.165, 1.54) is 6.20 Å². The molecule has 2 heterocycles. The van der Waals surface area contributed by atoms with Crippen LogP contribution in [0.25, 0.3) is 0 Å². The number of likely N-dealkylation sites (N-methyl/N-ethyl adjacent to an activating group) is 1. The van der Waals surface area contributed by atoms with Crippen LogP contribution < -0.4 is 4.74 Å². The average Bonchev–Trinajstić information content (AvgIpc) is 2.98. The first-order valence-corrected chi connectivity index (χ1v) is 6.33. The molecule has 0 aromatic carbocycles. The summed E-state index contributed by atoms with van der Waals surface area (Å²) in [7, 11) is 0. The summed E-state index contributed by atoms with van der Waals surface area (Å²) >= 11 is 0. The number of aromatic amines is 1. The Morgan fingerprint density at radius 2 is 2.30 bits per heavy atom. The van der Waals surface area contributed by atoms with Gasteiger partial charge in [-0.1, -0.05) is 0 Å². The number of esters is 1. The average molecular weight is 304 g/mol. The maximum Gasteiger partial charge on any atom is 0.345 e. The molecule has 0 saturated carbocycles. The Labute approximate surface area is 123 Å². The molecule has 1 N–H and O–H groups in total. The van der Waals surface area contributed by atoms with Crippen molar-refractivity contribution in [2.75, 3.05) is 19.7 Å². The first-order chi connectivity index (χ1) is 9.17. The molecule has 112 valence electrons. The summed E-state index contributed by atoms with van der Waals surface area (Å²) in [4.78, 5) is 25.3. The molecule has 1 saturated heterocycles. The maximum absolute atomic E-state index is 11.9. The quantitative estimate of drug-likeness (QED) is 0.821. The third kappa shape index (κ3) is 3.22. The highest BCUT2D eigenvalue weighted by Gasteiger charge is 2.33. The van der Waals surface area contributed by atoms with Gasteiger partial charge in [0.2, 0.25) is 5.88 Å². The SMILES string of the molecule is CCOC(=O)c1cn[nH]c1OC1CCN(CC)C1=O.Cl. The summed E-state index contributed by atoms with van der Waals surface area (Å²) in [5, 5.41) is 6.34. The molecule has 1 unspecified atom stereocenters. The molecule has 0 spiro atoms. The normalized spacial score (nSPS) is 17.8. The first-order valence-electron chi connectivity index (χ1n) is 6.33. The fraction of sp³-hybridized carbons (Fsp3) is 0.583. The number of ether oxygens (including phenoxy) is 2. The monoisotopic (exact) mass is 303 g/mol. The second-order valence-corrected chi connectivity index (χ2v) is 4.15. The Bertz CT molecular complexity index is 477. The standard InChI is InChI=1S/C12H17N3O4.ClH/c1-3-15-6-5-9(11(15)16)19-10-8(7-13-14-10)12(17)18-4-2;/h7,9H,3-6H2,1-2H3,(H,13,14);1H. The lowest BCUT2D eigenvalue weighted by Gasteiger charge is -2.14. The minimum absolute atomic E-state index is 0. The van der Waals surface area contributed by atoms with Gasteiger partial charge >= 0.3 is 5.97 Å². The largest absolute Gasteiger partial charge is 0.464 e. The van der Waals surface area contributed by atoms with Gasteiger partial charge in [0.05, 0.1) is 12.8 Å². The van der Waals surface area contributed by atoms with Crippen LogP contribution in [0.15, 0.2) is 6.20 Å². The number of likely N-dealkylation sites (tertiary alicyclic amines) is 1. The van der Waals surface area contributed by atoms with E-state index in [1.807, 2.05) is 6.92 Å². The zero-order valence-corrected chi connectivity index (χ0v) is 12.2. The second-order valence-electron chi connectivity index (χ2n) is 4.15. The third-order valence-corrected chi connectivity index (χ3v) is 2.99. The molecular weight excluding hydrogens is 286 g/mol. The van der Waals surface area contributed by atoms with Crippen molar-refractivity contribution < 1.29 is 19.1 Å². The predicted molar refractivity (Wildman–Crippen MR) is 73.1 cm³/mol. The van der Waals surface area contributed by atoms with E-state index in [1.54, 1.807) is 11.8 Å². The van der Waals surface area contributed by atoms with Gasteiger partial charge in [-0.3, -0.25) is 4.79 Å². The number of aromatic nitrogens is 2. The molecule has 1 atom stereocenters. The van der Waals surface area contributed by atoms with Crippen LogP contribution in [0.3, 0.4) is 0 Å². The van der Waals surface area contributed by atoms with E-state index in [2.05, 4.69) is 10.2 Å². The van der Waals surface area contributed by atoms with Crippen molar-refractivity contribution in [3.05, 3.63) is 11.8 Å². The molecular formula is C12H18ClN3O4. The summed E-state index contributed by atoms with van der Waals surface area (Å²) in [5.74, 6) is -0.384. The van der Waals surface area contributed by atoms with Crippen LogP contribution in [0.5, 0.6) is 5.88 Å². The Hall–Kier alpha value is -1.76. The lowest BCUT2D eigenvalue weighted by molar-refractivity contribution is -0.133. The van der Waals surface area contributed by atoms with Crippen molar-refractivity contribution in [1.29, 1.82) is 0 Å². The van der Waals surface area contributed by atoms with Gasteiger partial charge < -0.3 is 14.4 Å². The number of amides is 1. The van der Waals surface area contributed by atoms with Crippen molar-refractivity contribution in [2.45, 2.75) is 26.4 Å². The van der Waals surface area contributed by atoms with Crippen LogP contribution in [-0.4, -0.2) is 52.8 Å². The highest BCUT2D eigenvalue weighted by molar-refractivity contribution is 5.92. The van der Waals surface area contributed by atoms with Crippen molar-refractivity contribution in [2.24, 2.45) is 0 Å². The van der Waals surface area contributed by atoms with Crippen LogP contribution in [0, 0.1) is 0 Å². The molecule has 1 amide bonds. The van der Waals surface area contributed by atoms with Gasteiger partial charge in [0.15, 0.2) is 6.10 Å². The number of nitrogens with zero attached hydrogens (tertiary/aromatic N) is 2. The summed E-state index contributed by atoms with van der Waals surface area (Å²) in [6, 6.07) is 0. The molecule has 1 aromatic rings. The zero-order chi connectivity index (χ0) is 13.8. The van der Waals surface area contributed by atoms with Crippen molar-refractivity contribution >= 4 is 24.3 Å². The fourth-order valence-corrected chi connectivity index (χ4v) is 1.99. The molecule has 0 aliphatic carbocycles. The van der Waals surface area contributed by atoms with E-state index in [0.29, 0.717) is 19.5 Å². The van der Waals surface area contributed by atoms with Crippen molar-refractivity contribution in [1.82, 2.24) is 15.1 Å². The van der Waals surface area contributed by atoms with Gasteiger partial charge in [-0.05, 0) is 13.8 Å². The number of rotatable bonds is 5. The van der Waals surface area contributed by atoms with E-state index < -0.39 is 12.1 Å². The van der Waals surface area contributed by atoms with Crippen LogP contribution >= 0.6 is 12.4 Å². The zero-order valence-electron chi connectivity index (χ0n) is 11.4. The van der Waals surface area contributed by atoms with E-state index >= 15 is 0 Å². The minimum Gasteiger partial charge on any atom is -0.464 e. The molecule has 8 heteroatoms. The first kappa shape index (κ1) is 16.3. The maximum atomic E-state index is 11.9. The number of hydrogen-bond acceptors (Lipinski definition) is 5. The summed E-state index contributed by atoms with van der Waals surface area (Å²) in [5.41, 5.74) is 0.213. The Balaban J connectivity index is 0.00000200. The predicted octanol–water partition coefficient (Wildman–Crippen LogP) is 1.01. The van der Waals surface area contributed by atoms with Gasteiger partial charge in [-0.15, -0.1) is 12.4 Å². The number of H-pyrrole nitrogens is 1. The molecule has 20 heavy (non-hydrogen) atoms. The molecule has 1 aromatic heterocycles. The molecule has 1 aliphatic heterocycles. The van der Waals surface area contributed by atoms with Gasteiger partial charge in [0, 0.05) is 19.5 Å². The lowest BCUT2D eigenvalue weighted by Crippen LogP contribution is -2.32. The molecule has 0 bridgehead atoms. The fourth-order valence-electron chi connectivity index (χ4n) is 1.99. The van der Waals surface area contributed by atoms with Gasteiger partial charge in [-0.25, -0.2) is 9.89 Å². The number of hydrogen-bond donors (Lipinski definition) is 1. The molecule has 1 aliphatic rings.